The highest BCUT2D eigenvalue weighted by Gasteiger charge is 2.42. The summed E-state index contributed by atoms with van der Waals surface area (Å²) in [6.45, 7) is 9.56. The van der Waals surface area contributed by atoms with Gasteiger partial charge >= 0.3 is 18.1 Å². The van der Waals surface area contributed by atoms with Gasteiger partial charge in [0, 0.05) is 74.9 Å². The number of benzene rings is 2. The Hall–Kier alpha value is -4.17. The lowest BCUT2D eigenvalue weighted by Gasteiger charge is -2.34. The summed E-state index contributed by atoms with van der Waals surface area (Å²) < 4.78 is 36.5. The SMILES string of the molecule is COC(=O)c1ccc(C(=O)N2CC3CN(CCCN(C(=O)C4CCN(C(C)=O)CC4)c4ccc(C)c(Cl)c4)CC3C2)cc1.O=C(O)C(F)(F)F. The number of anilines is 1. The third-order valence-electron chi connectivity index (χ3n) is 9.52. The summed E-state index contributed by atoms with van der Waals surface area (Å²) in [6, 6.07) is 12.5. The van der Waals surface area contributed by atoms with Crippen LogP contribution in [0.25, 0.3) is 0 Å². The highest BCUT2D eigenvalue weighted by Crippen LogP contribution is 2.33. The van der Waals surface area contributed by atoms with E-state index in [1.807, 2.05) is 39.8 Å². The molecule has 5 rings (SSSR count). The lowest BCUT2D eigenvalue weighted by atomic mass is 9.94. The highest BCUT2D eigenvalue weighted by molar-refractivity contribution is 6.31. The number of esters is 1. The molecule has 0 aromatic heterocycles. The van der Waals surface area contributed by atoms with Gasteiger partial charge in [-0.25, -0.2) is 9.59 Å². The van der Waals surface area contributed by atoms with Crippen LogP contribution < -0.4 is 4.90 Å². The zero-order valence-electron chi connectivity index (χ0n) is 28.2. The van der Waals surface area contributed by atoms with E-state index in [1.165, 1.54) is 7.11 Å². The number of ether oxygens (including phenoxy) is 1. The summed E-state index contributed by atoms with van der Waals surface area (Å²) in [4.78, 5) is 67.3. The molecule has 0 bridgehead atoms. The molecule has 1 N–H and O–H groups in total. The molecule has 272 valence electrons. The standard InChI is InChI=1S/C33H41ClN4O5.C2HF3O2/c1-22-5-10-29(17-30(22)34)38(32(41)25-11-15-36(16-12-25)23(2)39)14-4-13-35-18-27-20-37(21-28(27)19-35)31(40)24-6-8-26(9-7-24)33(42)43-3;3-2(4,5)1(6)7/h5-10,17,25,27-28H,4,11-16,18-21H2,1-3H3;(H,6,7). The molecule has 2 atom stereocenters. The van der Waals surface area contributed by atoms with Gasteiger partial charge in [0.05, 0.1) is 12.7 Å². The lowest BCUT2D eigenvalue weighted by molar-refractivity contribution is -0.192. The average molecular weight is 723 g/mol. The van der Waals surface area contributed by atoms with Crippen LogP contribution in [0.5, 0.6) is 0 Å². The number of aliphatic carboxylic acids is 1. The molecule has 3 heterocycles. The number of alkyl halides is 3. The van der Waals surface area contributed by atoms with E-state index in [9.17, 15) is 32.3 Å². The van der Waals surface area contributed by atoms with Crippen LogP contribution in [0.2, 0.25) is 5.02 Å². The molecule has 15 heteroatoms. The maximum Gasteiger partial charge on any atom is 0.490 e. The minimum atomic E-state index is -5.08. The number of hydrogen-bond donors (Lipinski definition) is 1. The molecule has 3 amide bonds. The van der Waals surface area contributed by atoms with E-state index >= 15 is 0 Å². The molecule has 2 aromatic carbocycles. The van der Waals surface area contributed by atoms with Gasteiger partial charge in [-0.15, -0.1) is 0 Å². The number of rotatable bonds is 8. The van der Waals surface area contributed by atoms with E-state index in [1.54, 1.807) is 31.2 Å². The van der Waals surface area contributed by atoms with Crippen molar-refractivity contribution in [2.45, 2.75) is 39.3 Å². The summed E-state index contributed by atoms with van der Waals surface area (Å²) in [5, 5.41) is 7.77. The summed E-state index contributed by atoms with van der Waals surface area (Å²) in [7, 11) is 1.34. The highest BCUT2D eigenvalue weighted by atomic mass is 35.5. The van der Waals surface area contributed by atoms with Crippen molar-refractivity contribution in [3.05, 3.63) is 64.2 Å². The summed E-state index contributed by atoms with van der Waals surface area (Å²) in [5.74, 6) is -2.26. The van der Waals surface area contributed by atoms with Crippen LogP contribution in [0.15, 0.2) is 42.5 Å². The molecule has 3 fully saturated rings. The van der Waals surface area contributed by atoms with Crippen LogP contribution in [0.3, 0.4) is 0 Å². The monoisotopic (exact) mass is 722 g/mol. The number of aryl methyl sites for hydroxylation is 1. The smallest absolute Gasteiger partial charge is 0.475 e. The fourth-order valence-corrected chi connectivity index (χ4v) is 6.89. The molecule has 3 aliphatic heterocycles. The largest absolute Gasteiger partial charge is 0.490 e. The van der Waals surface area contributed by atoms with Crippen molar-refractivity contribution in [3.63, 3.8) is 0 Å². The second-order valence-electron chi connectivity index (χ2n) is 12.9. The van der Waals surface area contributed by atoms with Gasteiger partial charge in [-0.1, -0.05) is 17.7 Å². The number of carbonyl (C=O) groups excluding carboxylic acids is 4. The normalized spacial score (nSPS) is 19.3. The Labute approximate surface area is 293 Å². The van der Waals surface area contributed by atoms with Gasteiger partial charge in [-0.3, -0.25) is 14.4 Å². The topological polar surface area (TPSA) is 128 Å². The Morgan fingerprint density at radius 3 is 1.98 bits per heavy atom. The van der Waals surface area contributed by atoms with Crippen molar-refractivity contribution in [2.75, 3.05) is 64.4 Å². The Kier molecular flexibility index (Phi) is 12.9. The van der Waals surface area contributed by atoms with Gasteiger partial charge < -0.3 is 29.4 Å². The maximum atomic E-state index is 13.7. The number of piperidine rings is 1. The van der Waals surface area contributed by atoms with Gasteiger partial charge in [-0.05, 0) is 86.5 Å². The van der Waals surface area contributed by atoms with E-state index in [4.69, 9.17) is 26.2 Å². The van der Waals surface area contributed by atoms with Crippen molar-refractivity contribution in [1.29, 1.82) is 0 Å². The van der Waals surface area contributed by atoms with E-state index in [0.717, 1.165) is 50.4 Å². The van der Waals surface area contributed by atoms with Crippen LogP contribution in [0.1, 0.15) is 52.5 Å². The molecular weight excluding hydrogens is 681 g/mol. The molecule has 0 spiro atoms. The van der Waals surface area contributed by atoms with Crippen LogP contribution >= 0.6 is 11.6 Å². The Balaban J connectivity index is 0.000000727. The molecule has 2 unspecified atom stereocenters. The van der Waals surface area contributed by atoms with Gasteiger partial charge in [0.15, 0.2) is 0 Å². The van der Waals surface area contributed by atoms with Crippen molar-refractivity contribution in [1.82, 2.24) is 14.7 Å². The Morgan fingerprint density at radius 1 is 0.920 bits per heavy atom. The summed E-state index contributed by atoms with van der Waals surface area (Å²) >= 11 is 6.46. The predicted octanol–water partition coefficient (Wildman–Crippen LogP) is 4.75. The lowest BCUT2D eigenvalue weighted by Crippen LogP contribution is -2.44. The first-order chi connectivity index (χ1) is 23.6. The predicted molar refractivity (Wildman–Crippen MR) is 179 cm³/mol. The average Bonchev–Trinajstić information content (AvgIpc) is 3.66. The number of hydrogen-bond acceptors (Lipinski definition) is 7. The molecule has 2 aromatic rings. The second-order valence-corrected chi connectivity index (χ2v) is 13.3. The van der Waals surface area contributed by atoms with Crippen LogP contribution in [-0.4, -0.2) is 115 Å². The number of likely N-dealkylation sites (tertiary alicyclic amines) is 3. The number of carbonyl (C=O) groups is 5. The van der Waals surface area contributed by atoms with Crippen molar-refractivity contribution in [2.24, 2.45) is 17.8 Å². The Bertz CT molecular complexity index is 1550. The third kappa shape index (κ3) is 9.75. The van der Waals surface area contributed by atoms with Gasteiger partial charge in [0.25, 0.3) is 5.91 Å². The van der Waals surface area contributed by atoms with E-state index in [-0.39, 0.29) is 23.6 Å². The van der Waals surface area contributed by atoms with E-state index in [2.05, 4.69) is 4.90 Å². The molecule has 50 heavy (non-hydrogen) atoms. The number of amides is 3. The number of fused-ring (bicyclic) bond motifs is 1. The van der Waals surface area contributed by atoms with Crippen molar-refractivity contribution in [3.8, 4) is 0 Å². The summed E-state index contributed by atoms with van der Waals surface area (Å²) in [5.41, 5.74) is 2.80. The molecule has 0 saturated carbocycles. The van der Waals surface area contributed by atoms with E-state index < -0.39 is 18.1 Å². The number of carboxylic acid groups (broad SMARTS) is 1. The number of nitrogens with zero attached hydrogens (tertiary/aromatic N) is 4. The first-order valence-electron chi connectivity index (χ1n) is 16.4. The molecule has 3 aliphatic rings. The number of methoxy groups -OCH3 is 1. The minimum absolute atomic E-state index is 0.00239. The van der Waals surface area contributed by atoms with Crippen molar-refractivity contribution >= 4 is 46.9 Å². The summed E-state index contributed by atoms with van der Waals surface area (Å²) in [6.07, 6.45) is -2.90. The van der Waals surface area contributed by atoms with Crippen LogP contribution in [0.4, 0.5) is 18.9 Å². The third-order valence-corrected chi connectivity index (χ3v) is 9.93. The molecule has 0 aliphatic carbocycles. The van der Waals surface area contributed by atoms with Crippen molar-refractivity contribution < 1.29 is 47.0 Å². The first kappa shape index (κ1) is 38.6. The zero-order valence-corrected chi connectivity index (χ0v) is 29.0. The van der Waals surface area contributed by atoms with Gasteiger partial charge in [-0.2, -0.15) is 13.2 Å². The fraction of sp³-hybridized carbons (Fsp3) is 0.514. The minimum Gasteiger partial charge on any atom is -0.475 e. The first-order valence-corrected chi connectivity index (χ1v) is 16.8. The zero-order chi connectivity index (χ0) is 36.7. The fourth-order valence-electron chi connectivity index (χ4n) is 6.72. The van der Waals surface area contributed by atoms with Gasteiger partial charge in [0.1, 0.15) is 0 Å². The number of halogens is 4. The Morgan fingerprint density at radius 2 is 1.48 bits per heavy atom. The molecular formula is C35H42ClF3N4O7. The second kappa shape index (κ2) is 16.7. The molecule has 3 saturated heterocycles. The molecule has 11 nitrogen and oxygen atoms in total. The van der Waals surface area contributed by atoms with E-state index in [0.29, 0.717) is 60.5 Å². The maximum absolute atomic E-state index is 13.7. The quantitative estimate of drug-likeness (QED) is 0.387. The van der Waals surface area contributed by atoms with Crippen LogP contribution in [0, 0.1) is 24.7 Å². The molecule has 0 radical (unpaired) electrons. The van der Waals surface area contributed by atoms with Gasteiger partial charge in [0.2, 0.25) is 11.8 Å². The van der Waals surface area contributed by atoms with Crippen LogP contribution in [-0.2, 0) is 19.1 Å². The number of carboxylic acids is 1.